The SMILES string of the molecule is NC(COc1ccc(Cl)cc1)c1cccc2c1OCCC2. The van der Waals surface area contributed by atoms with Crippen LogP contribution in [-0.4, -0.2) is 13.2 Å². The molecule has 2 aromatic rings. The van der Waals surface area contributed by atoms with E-state index < -0.39 is 0 Å². The molecule has 4 heteroatoms. The van der Waals surface area contributed by atoms with Crippen molar-refractivity contribution in [3.05, 3.63) is 58.6 Å². The number of benzene rings is 2. The van der Waals surface area contributed by atoms with Gasteiger partial charge in [-0.15, -0.1) is 0 Å². The molecule has 0 radical (unpaired) electrons. The molecule has 1 aliphatic heterocycles. The Morgan fingerprint density at radius 2 is 2.00 bits per heavy atom. The summed E-state index contributed by atoms with van der Waals surface area (Å²) in [6.07, 6.45) is 2.11. The minimum absolute atomic E-state index is 0.214. The summed E-state index contributed by atoms with van der Waals surface area (Å²) in [5.41, 5.74) is 8.52. The highest BCUT2D eigenvalue weighted by atomic mass is 35.5. The molecule has 1 atom stereocenters. The van der Waals surface area contributed by atoms with Crippen molar-refractivity contribution in [3.8, 4) is 11.5 Å². The molecular formula is C17H18ClNO2. The summed E-state index contributed by atoms with van der Waals surface area (Å²) in [7, 11) is 0. The first-order valence-electron chi connectivity index (χ1n) is 7.12. The van der Waals surface area contributed by atoms with Gasteiger partial charge in [0, 0.05) is 10.6 Å². The van der Waals surface area contributed by atoms with Gasteiger partial charge in [0.2, 0.25) is 0 Å². The van der Waals surface area contributed by atoms with Crippen LogP contribution in [0.15, 0.2) is 42.5 Å². The Morgan fingerprint density at radius 1 is 1.19 bits per heavy atom. The highest BCUT2D eigenvalue weighted by Crippen LogP contribution is 2.32. The second-order valence-electron chi connectivity index (χ2n) is 5.16. The van der Waals surface area contributed by atoms with Gasteiger partial charge in [-0.1, -0.05) is 29.8 Å². The lowest BCUT2D eigenvalue weighted by Gasteiger charge is -2.23. The molecule has 2 aromatic carbocycles. The van der Waals surface area contributed by atoms with Crippen molar-refractivity contribution in [2.45, 2.75) is 18.9 Å². The maximum absolute atomic E-state index is 6.27. The van der Waals surface area contributed by atoms with Gasteiger partial charge in [0.25, 0.3) is 0 Å². The molecule has 3 nitrogen and oxygen atoms in total. The van der Waals surface area contributed by atoms with E-state index in [0.29, 0.717) is 11.6 Å². The van der Waals surface area contributed by atoms with Gasteiger partial charge in [0.05, 0.1) is 12.6 Å². The van der Waals surface area contributed by atoms with E-state index in [2.05, 4.69) is 6.07 Å². The quantitative estimate of drug-likeness (QED) is 0.935. The summed E-state index contributed by atoms with van der Waals surface area (Å²) in [6, 6.07) is 13.2. The van der Waals surface area contributed by atoms with Gasteiger partial charge in [-0.2, -0.15) is 0 Å². The zero-order valence-electron chi connectivity index (χ0n) is 11.7. The summed E-state index contributed by atoms with van der Waals surface area (Å²) in [6.45, 7) is 1.16. The molecule has 0 spiro atoms. The van der Waals surface area contributed by atoms with Crippen molar-refractivity contribution in [3.63, 3.8) is 0 Å². The predicted molar refractivity (Wildman–Crippen MR) is 84.1 cm³/mol. The number of ether oxygens (including phenoxy) is 2. The third-order valence-corrected chi connectivity index (χ3v) is 3.86. The Balaban J connectivity index is 1.70. The first kappa shape index (κ1) is 14.2. The monoisotopic (exact) mass is 303 g/mol. The first-order valence-corrected chi connectivity index (χ1v) is 7.50. The summed E-state index contributed by atoms with van der Waals surface area (Å²) < 4.78 is 11.5. The number of rotatable bonds is 4. The molecule has 1 aliphatic rings. The van der Waals surface area contributed by atoms with Crippen LogP contribution in [0.1, 0.15) is 23.6 Å². The van der Waals surface area contributed by atoms with E-state index in [1.807, 2.05) is 24.3 Å². The second-order valence-corrected chi connectivity index (χ2v) is 5.60. The van der Waals surface area contributed by atoms with Crippen LogP contribution in [0.4, 0.5) is 0 Å². The average molecular weight is 304 g/mol. The molecular weight excluding hydrogens is 286 g/mol. The number of hydrogen-bond donors (Lipinski definition) is 1. The summed E-state index contributed by atoms with van der Waals surface area (Å²) in [5.74, 6) is 1.71. The zero-order chi connectivity index (χ0) is 14.7. The van der Waals surface area contributed by atoms with Crippen LogP contribution in [0.2, 0.25) is 5.02 Å². The van der Waals surface area contributed by atoms with Gasteiger partial charge in [-0.05, 0) is 42.7 Å². The molecule has 1 heterocycles. The fourth-order valence-corrected chi connectivity index (χ4v) is 2.64. The van der Waals surface area contributed by atoms with Crippen LogP contribution >= 0.6 is 11.6 Å². The Kier molecular flexibility index (Phi) is 4.32. The summed E-state index contributed by atoms with van der Waals surface area (Å²) in [4.78, 5) is 0. The van der Waals surface area contributed by atoms with E-state index in [1.165, 1.54) is 5.56 Å². The largest absolute Gasteiger partial charge is 0.493 e. The Hall–Kier alpha value is -1.71. The number of fused-ring (bicyclic) bond motifs is 1. The van der Waals surface area contributed by atoms with Crippen molar-refractivity contribution in [2.24, 2.45) is 5.73 Å². The van der Waals surface area contributed by atoms with Crippen molar-refractivity contribution in [1.29, 1.82) is 0 Å². The lowest BCUT2D eigenvalue weighted by atomic mass is 9.99. The maximum Gasteiger partial charge on any atom is 0.127 e. The molecule has 110 valence electrons. The molecule has 3 rings (SSSR count). The lowest BCUT2D eigenvalue weighted by molar-refractivity contribution is 0.266. The van der Waals surface area contributed by atoms with Gasteiger partial charge < -0.3 is 15.2 Å². The van der Waals surface area contributed by atoms with Crippen LogP contribution < -0.4 is 15.2 Å². The first-order chi connectivity index (χ1) is 10.2. The van der Waals surface area contributed by atoms with Gasteiger partial charge in [0.1, 0.15) is 18.1 Å². The van der Waals surface area contributed by atoms with Crippen molar-refractivity contribution < 1.29 is 9.47 Å². The van der Waals surface area contributed by atoms with Crippen LogP contribution in [0.5, 0.6) is 11.5 Å². The molecule has 0 amide bonds. The Labute approximate surface area is 129 Å². The number of para-hydroxylation sites is 1. The number of aryl methyl sites for hydroxylation is 1. The molecule has 1 unspecified atom stereocenters. The van der Waals surface area contributed by atoms with Crippen molar-refractivity contribution >= 4 is 11.6 Å². The minimum Gasteiger partial charge on any atom is -0.493 e. The number of hydrogen-bond acceptors (Lipinski definition) is 3. The molecule has 0 fully saturated rings. The molecule has 0 aliphatic carbocycles. The van der Waals surface area contributed by atoms with Crippen LogP contribution in [0.3, 0.4) is 0 Å². The van der Waals surface area contributed by atoms with E-state index in [-0.39, 0.29) is 6.04 Å². The maximum atomic E-state index is 6.27. The van der Waals surface area contributed by atoms with E-state index in [1.54, 1.807) is 12.1 Å². The zero-order valence-corrected chi connectivity index (χ0v) is 12.5. The van der Waals surface area contributed by atoms with Gasteiger partial charge in [0.15, 0.2) is 0 Å². The lowest BCUT2D eigenvalue weighted by Crippen LogP contribution is -2.21. The number of halogens is 1. The van der Waals surface area contributed by atoms with E-state index >= 15 is 0 Å². The van der Waals surface area contributed by atoms with Gasteiger partial charge in [-0.3, -0.25) is 0 Å². The summed E-state index contributed by atoms with van der Waals surface area (Å²) in [5, 5.41) is 0.692. The fraction of sp³-hybridized carbons (Fsp3) is 0.294. The normalized spacial score (nSPS) is 15.0. The fourth-order valence-electron chi connectivity index (χ4n) is 2.51. The molecule has 0 saturated carbocycles. The highest BCUT2D eigenvalue weighted by molar-refractivity contribution is 6.30. The van der Waals surface area contributed by atoms with Crippen molar-refractivity contribution in [1.82, 2.24) is 0 Å². The van der Waals surface area contributed by atoms with Crippen molar-refractivity contribution in [2.75, 3.05) is 13.2 Å². The predicted octanol–water partition coefficient (Wildman–Crippen LogP) is 3.74. The molecule has 0 saturated heterocycles. The highest BCUT2D eigenvalue weighted by Gasteiger charge is 2.19. The second kappa shape index (κ2) is 6.37. The van der Waals surface area contributed by atoms with Crippen LogP contribution in [0.25, 0.3) is 0 Å². The molecule has 0 bridgehead atoms. The Bertz CT molecular complexity index is 613. The van der Waals surface area contributed by atoms with Gasteiger partial charge >= 0.3 is 0 Å². The van der Waals surface area contributed by atoms with Crippen LogP contribution in [0, 0.1) is 0 Å². The average Bonchev–Trinajstić information content (AvgIpc) is 2.53. The van der Waals surface area contributed by atoms with E-state index in [0.717, 1.165) is 36.5 Å². The summed E-state index contributed by atoms with van der Waals surface area (Å²) >= 11 is 5.85. The third kappa shape index (κ3) is 3.31. The van der Waals surface area contributed by atoms with Gasteiger partial charge in [-0.25, -0.2) is 0 Å². The van der Waals surface area contributed by atoms with E-state index in [9.17, 15) is 0 Å². The topological polar surface area (TPSA) is 44.5 Å². The Morgan fingerprint density at radius 3 is 2.81 bits per heavy atom. The minimum atomic E-state index is -0.214. The van der Waals surface area contributed by atoms with Crippen LogP contribution in [-0.2, 0) is 6.42 Å². The molecule has 2 N–H and O–H groups in total. The standard InChI is InChI=1S/C17H18ClNO2/c18-13-6-8-14(9-7-13)21-11-16(19)15-5-1-3-12-4-2-10-20-17(12)15/h1,3,5-9,16H,2,4,10-11,19H2. The molecule has 0 aromatic heterocycles. The third-order valence-electron chi connectivity index (χ3n) is 3.61. The molecule has 21 heavy (non-hydrogen) atoms. The van der Waals surface area contributed by atoms with E-state index in [4.69, 9.17) is 26.8 Å². The number of nitrogens with two attached hydrogens (primary N) is 1. The smallest absolute Gasteiger partial charge is 0.127 e.